The number of carbonyl (C=O) groups is 3. The van der Waals surface area contributed by atoms with Crippen molar-refractivity contribution in [1.82, 2.24) is 20.9 Å². The number of allylic oxidation sites excluding steroid dienone is 1. The Kier molecular flexibility index (Phi) is 14.2. The first kappa shape index (κ1) is 31.8. The van der Waals surface area contributed by atoms with Crippen molar-refractivity contribution in [2.75, 3.05) is 6.54 Å². The van der Waals surface area contributed by atoms with Crippen molar-refractivity contribution < 1.29 is 19.6 Å². The molecule has 0 saturated carbocycles. The van der Waals surface area contributed by atoms with E-state index in [4.69, 9.17) is 0 Å². The summed E-state index contributed by atoms with van der Waals surface area (Å²) in [5, 5.41) is 10.7. The van der Waals surface area contributed by atoms with Crippen LogP contribution in [0.3, 0.4) is 0 Å². The number of aromatic nitrogens is 1. The van der Waals surface area contributed by atoms with Gasteiger partial charge >= 0.3 is 0 Å². The van der Waals surface area contributed by atoms with Crippen molar-refractivity contribution in [3.05, 3.63) is 72.1 Å². The molecule has 0 aliphatic heterocycles. The van der Waals surface area contributed by atoms with E-state index in [1.807, 2.05) is 70.2 Å². The van der Waals surface area contributed by atoms with Gasteiger partial charge in [0, 0.05) is 18.4 Å². The van der Waals surface area contributed by atoms with Crippen LogP contribution in [0.25, 0.3) is 6.08 Å². The Morgan fingerprint density at radius 2 is 1.62 bits per heavy atom. The number of nitrogens with zero attached hydrogens (tertiary/aromatic N) is 2. The number of carbonyl (C=O) groups excluding carboxylic acids is 3. The first-order chi connectivity index (χ1) is 17.2. The largest absolute Gasteiger partial charge is 0.289 e. The predicted octanol–water partition coefficient (Wildman–Crippen LogP) is 4.45. The molecular weight excluding hydrogens is 492 g/mol. The maximum absolute atomic E-state index is 13.5. The van der Waals surface area contributed by atoms with Crippen molar-refractivity contribution in [2.24, 2.45) is 23.7 Å². The van der Waals surface area contributed by atoms with Gasteiger partial charge in [0.1, 0.15) is 0 Å². The van der Waals surface area contributed by atoms with Crippen LogP contribution in [0.5, 0.6) is 0 Å². The smallest absolute Gasteiger partial charge is 0.247 e. The summed E-state index contributed by atoms with van der Waals surface area (Å²) in [6.07, 6.45) is 6.03. The molecular formula is C28H39ClN4O4. The molecule has 2 rings (SSSR count). The van der Waals surface area contributed by atoms with Gasteiger partial charge in [-0.3, -0.25) is 35.0 Å². The number of hydrogen-bond acceptors (Lipinski definition) is 5. The second-order valence-electron chi connectivity index (χ2n) is 9.74. The molecule has 9 heteroatoms. The lowest BCUT2D eigenvalue weighted by molar-refractivity contribution is -0.147. The van der Waals surface area contributed by atoms with Crippen molar-refractivity contribution in [2.45, 2.75) is 47.0 Å². The Morgan fingerprint density at radius 3 is 2.19 bits per heavy atom. The van der Waals surface area contributed by atoms with Gasteiger partial charge in [0.2, 0.25) is 17.7 Å². The zero-order valence-electron chi connectivity index (χ0n) is 22.0. The number of amides is 3. The molecule has 1 aromatic carbocycles. The molecule has 3 N–H and O–H groups in total. The standard InChI is InChI=1S/C28H38N4O4.ClH/c1-20(2)17-25(24(28(35)31-36)15-10-13-22-11-6-5-7-12-22)27(34)30-32(19-21(3)4)26(33)18-23-14-8-9-16-29-23;/h5-14,16,20-21,24-25,36H,15,17-19H2,1-4H3,(H,30,34)(H,31,35);1H/b13-10+;/t24-,25+;/m0./s1. The fourth-order valence-corrected chi connectivity index (χ4v) is 3.96. The number of hydroxylamine groups is 1. The molecule has 0 radical (unpaired) electrons. The van der Waals surface area contributed by atoms with Crippen molar-refractivity contribution in [3.8, 4) is 0 Å². The van der Waals surface area contributed by atoms with E-state index in [0.717, 1.165) is 5.56 Å². The molecule has 0 fully saturated rings. The van der Waals surface area contributed by atoms with E-state index < -0.39 is 23.7 Å². The summed E-state index contributed by atoms with van der Waals surface area (Å²) in [6.45, 7) is 8.15. The summed E-state index contributed by atoms with van der Waals surface area (Å²) in [7, 11) is 0. The van der Waals surface area contributed by atoms with Gasteiger partial charge in [0.05, 0.1) is 18.3 Å². The fraction of sp³-hybridized carbons (Fsp3) is 0.429. The third-order valence-corrected chi connectivity index (χ3v) is 5.65. The normalized spacial score (nSPS) is 12.6. The number of hydrazine groups is 1. The highest BCUT2D eigenvalue weighted by atomic mass is 35.5. The summed E-state index contributed by atoms with van der Waals surface area (Å²) in [5.74, 6) is -2.71. The summed E-state index contributed by atoms with van der Waals surface area (Å²) < 4.78 is 0. The second kappa shape index (κ2) is 16.5. The molecule has 202 valence electrons. The minimum atomic E-state index is -0.816. The van der Waals surface area contributed by atoms with E-state index in [1.54, 1.807) is 29.9 Å². The first-order valence-electron chi connectivity index (χ1n) is 12.4. The second-order valence-corrected chi connectivity index (χ2v) is 9.74. The molecule has 0 aliphatic carbocycles. The lowest BCUT2D eigenvalue weighted by Crippen LogP contribution is -2.52. The maximum atomic E-state index is 13.5. The Hall–Kier alpha value is -3.23. The maximum Gasteiger partial charge on any atom is 0.247 e. The van der Waals surface area contributed by atoms with Crippen LogP contribution < -0.4 is 10.9 Å². The minimum absolute atomic E-state index is 0. The summed E-state index contributed by atoms with van der Waals surface area (Å²) in [4.78, 5) is 43.4. The summed E-state index contributed by atoms with van der Waals surface area (Å²) >= 11 is 0. The highest BCUT2D eigenvalue weighted by Crippen LogP contribution is 2.26. The molecule has 8 nitrogen and oxygen atoms in total. The number of pyridine rings is 1. The van der Waals surface area contributed by atoms with Gasteiger partial charge in [-0.2, -0.15) is 0 Å². The average Bonchev–Trinajstić information content (AvgIpc) is 2.85. The SMILES string of the molecule is CC(C)C[C@@H](C(=O)NN(CC(C)C)C(=O)Cc1ccccn1)[C@H](C/C=C/c1ccccc1)C(=O)NO.Cl. The molecule has 2 atom stereocenters. The van der Waals surface area contributed by atoms with Crippen molar-refractivity contribution in [3.63, 3.8) is 0 Å². The molecule has 0 bridgehead atoms. The minimum Gasteiger partial charge on any atom is -0.289 e. The van der Waals surface area contributed by atoms with E-state index in [9.17, 15) is 19.6 Å². The van der Waals surface area contributed by atoms with Crippen LogP contribution in [-0.2, 0) is 20.8 Å². The number of nitrogens with one attached hydrogen (secondary N) is 2. The van der Waals surface area contributed by atoms with Crippen LogP contribution in [0.15, 0.2) is 60.8 Å². The molecule has 1 heterocycles. The quantitative estimate of drug-likeness (QED) is 0.277. The Balaban J connectivity index is 0.00000684. The summed E-state index contributed by atoms with van der Waals surface area (Å²) in [6, 6.07) is 15.0. The average molecular weight is 531 g/mol. The lowest BCUT2D eigenvalue weighted by atomic mass is 9.82. The molecule has 2 aromatic rings. The lowest BCUT2D eigenvalue weighted by Gasteiger charge is -2.30. The number of rotatable bonds is 12. The Labute approximate surface area is 225 Å². The topological polar surface area (TPSA) is 112 Å². The molecule has 0 aliphatic rings. The molecule has 0 unspecified atom stereocenters. The van der Waals surface area contributed by atoms with Crippen molar-refractivity contribution in [1.29, 1.82) is 0 Å². The predicted molar refractivity (Wildman–Crippen MR) is 146 cm³/mol. The van der Waals surface area contributed by atoms with E-state index in [2.05, 4.69) is 10.4 Å². The van der Waals surface area contributed by atoms with Crippen LogP contribution >= 0.6 is 12.4 Å². The van der Waals surface area contributed by atoms with Gasteiger partial charge in [-0.1, -0.05) is 76.2 Å². The third-order valence-electron chi connectivity index (χ3n) is 5.65. The van der Waals surface area contributed by atoms with Crippen LogP contribution in [-0.4, -0.2) is 39.5 Å². The van der Waals surface area contributed by atoms with Gasteiger partial charge in [-0.25, -0.2) is 5.48 Å². The van der Waals surface area contributed by atoms with E-state index in [1.165, 1.54) is 5.01 Å². The van der Waals surface area contributed by atoms with E-state index >= 15 is 0 Å². The fourth-order valence-electron chi connectivity index (χ4n) is 3.96. The van der Waals surface area contributed by atoms with Crippen LogP contribution in [0.2, 0.25) is 0 Å². The zero-order chi connectivity index (χ0) is 26.5. The zero-order valence-corrected chi connectivity index (χ0v) is 22.8. The van der Waals surface area contributed by atoms with Crippen LogP contribution in [0, 0.1) is 23.7 Å². The number of hydrogen-bond donors (Lipinski definition) is 3. The molecule has 37 heavy (non-hydrogen) atoms. The molecule has 0 saturated heterocycles. The Bertz CT molecular complexity index is 1000. The number of benzene rings is 1. The highest BCUT2D eigenvalue weighted by Gasteiger charge is 2.35. The van der Waals surface area contributed by atoms with Crippen LogP contribution in [0.1, 0.15) is 51.8 Å². The van der Waals surface area contributed by atoms with E-state index in [0.29, 0.717) is 18.7 Å². The first-order valence-corrected chi connectivity index (χ1v) is 12.4. The van der Waals surface area contributed by atoms with E-state index in [-0.39, 0.29) is 43.0 Å². The summed E-state index contributed by atoms with van der Waals surface area (Å²) in [5.41, 5.74) is 6.07. The highest BCUT2D eigenvalue weighted by molar-refractivity contribution is 5.89. The molecule has 3 amide bonds. The molecule has 0 spiro atoms. The Morgan fingerprint density at radius 1 is 0.946 bits per heavy atom. The van der Waals surface area contributed by atoms with Gasteiger partial charge in [0.15, 0.2) is 0 Å². The van der Waals surface area contributed by atoms with Gasteiger partial charge < -0.3 is 0 Å². The van der Waals surface area contributed by atoms with Gasteiger partial charge in [0.25, 0.3) is 0 Å². The third kappa shape index (κ3) is 11.1. The van der Waals surface area contributed by atoms with Crippen LogP contribution in [0.4, 0.5) is 0 Å². The molecule has 1 aromatic heterocycles. The van der Waals surface area contributed by atoms with Gasteiger partial charge in [-0.05, 0) is 42.4 Å². The monoisotopic (exact) mass is 530 g/mol. The van der Waals surface area contributed by atoms with Crippen molar-refractivity contribution >= 4 is 36.2 Å². The van der Waals surface area contributed by atoms with Gasteiger partial charge in [-0.15, -0.1) is 12.4 Å². The number of halogens is 1.